The highest BCUT2D eigenvalue weighted by Crippen LogP contribution is 2.56. The molecule has 0 aromatic heterocycles. The Labute approximate surface area is 118 Å². The molecule has 0 bridgehead atoms. The molecule has 2 fully saturated rings. The van der Waals surface area contributed by atoms with Crippen LogP contribution in [0.2, 0.25) is 5.02 Å². The minimum atomic E-state index is -0.553. The first-order valence-electron chi connectivity index (χ1n) is 6.78. The fourth-order valence-electron chi connectivity index (χ4n) is 3.46. The molecule has 0 radical (unpaired) electrons. The lowest BCUT2D eigenvalue weighted by atomic mass is 9.81. The summed E-state index contributed by atoms with van der Waals surface area (Å²) >= 11 is 6.01. The summed E-state index contributed by atoms with van der Waals surface area (Å²) in [6.45, 7) is 0. The monoisotopic (exact) mass is 279 g/mol. The van der Waals surface area contributed by atoms with E-state index in [0.29, 0.717) is 16.9 Å². The van der Waals surface area contributed by atoms with Crippen LogP contribution in [0.5, 0.6) is 0 Å². The summed E-state index contributed by atoms with van der Waals surface area (Å²) in [5.41, 5.74) is 0.341. The minimum Gasteiger partial charge on any atom is -0.467 e. The van der Waals surface area contributed by atoms with Gasteiger partial charge >= 0.3 is 5.97 Å². The highest BCUT2D eigenvalue weighted by atomic mass is 35.5. The van der Waals surface area contributed by atoms with Crippen molar-refractivity contribution in [3.05, 3.63) is 29.3 Å². The molecule has 3 nitrogen and oxygen atoms in total. The summed E-state index contributed by atoms with van der Waals surface area (Å²) in [4.78, 5) is 12.3. The number of methoxy groups -OCH3 is 1. The first kappa shape index (κ1) is 12.8. The Morgan fingerprint density at radius 1 is 1.53 bits per heavy atom. The van der Waals surface area contributed by atoms with Crippen LogP contribution < -0.4 is 5.32 Å². The van der Waals surface area contributed by atoms with Gasteiger partial charge in [0.1, 0.15) is 5.54 Å². The number of nitrogens with one attached hydrogen (secondary N) is 1. The van der Waals surface area contributed by atoms with Crippen LogP contribution in [-0.2, 0) is 9.53 Å². The Morgan fingerprint density at radius 2 is 2.37 bits per heavy atom. The molecule has 2 aliphatic rings. The van der Waals surface area contributed by atoms with Crippen LogP contribution in [0.3, 0.4) is 0 Å². The fraction of sp³-hybridized carbons (Fsp3) is 0.533. The van der Waals surface area contributed by atoms with Gasteiger partial charge in [-0.25, -0.2) is 4.79 Å². The fourth-order valence-corrected chi connectivity index (χ4v) is 3.65. The van der Waals surface area contributed by atoms with Crippen molar-refractivity contribution < 1.29 is 9.53 Å². The molecule has 2 aliphatic carbocycles. The van der Waals surface area contributed by atoms with Gasteiger partial charge in [0, 0.05) is 10.7 Å². The largest absolute Gasteiger partial charge is 0.467 e. The zero-order valence-corrected chi connectivity index (χ0v) is 11.7. The third-order valence-corrected chi connectivity index (χ3v) is 4.68. The zero-order valence-electron chi connectivity index (χ0n) is 11.0. The van der Waals surface area contributed by atoms with Crippen LogP contribution in [0.15, 0.2) is 24.3 Å². The molecule has 2 saturated carbocycles. The topological polar surface area (TPSA) is 38.3 Å². The van der Waals surface area contributed by atoms with Crippen LogP contribution in [0.1, 0.15) is 25.7 Å². The van der Waals surface area contributed by atoms with Gasteiger partial charge in [0.2, 0.25) is 0 Å². The van der Waals surface area contributed by atoms with E-state index in [4.69, 9.17) is 16.3 Å². The molecule has 0 aliphatic heterocycles. The van der Waals surface area contributed by atoms with Crippen LogP contribution >= 0.6 is 11.6 Å². The van der Waals surface area contributed by atoms with Gasteiger partial charge in [0.25, 0.3) is 0 Å². The number of anilines is 1. The predicted octanol–water partition coefficient (Wildman–Crippen LogP) is 3.48. The van der Waals surface area contributed by atoms with Crippen LogP contribution in [0.25, 0.3) is 0 Å². The number of ether oxygens (including phenoxy) is 1. The Kier molecular flexibility index (Phi) is 3.17. The van der Waals surface area contributed by atoms with Gasteiger partial charge in [-0.05, 0) is 49.3 Å². The number of hydrogen-bond donors (Lipinski definition) is 1. The van der Waals surface area contributed by atoms with Gasteiger partial charge in [0.15, 0.2) is 0 Å². The van der Waals surface area contributed by atoms with Gasteiger partial charge in [-0.2, -0.15) is 0 Å². The van der Waals surface area contributed by atoms with Crippen molar-refractivity contribution in [1.82, 2.24) is 0 Å². The normalized spacial score (nSPS) is 32.3. The van der Waals surface area contributed by atoms with Gasteiger partial charge in [0.05, 0.1) is 7.11 Å². The number of benzene rings is 1. The number of carbonyl (C=O) groups is 1. The first-order chi connectivity index (χ1) is 9.15. The summed E-state index contributed by atoms with van der Waals surface area (Å²) in [5, 5.41) is 4.09. The second-order valence-corrected chi connectivity index (χ2v) is 6.03. The maximum atomic E-state index is 12.3. The van der Waals surface area contributed by atoms with E-state index >= 15 is 0 Å². The molecule has 3 atom stereocenters. The van der Waals surface area contributed by atoms with Crippen molar-refractivity contribution in [2.45, 2.75) is 31.2 Å². The predicted molar refractivity (Wildman–Crippen MR) is 75.3 cm³/mol. The van der Waals surface area contributed by atoms with E-state index in [-0.39, 0.29) is 5.97 Å². The van der Waals surface area contributed by atoms with Crippen molar-refractivity contribution in [3.8, 4) is 0 Å². The number of hydrogen-bond acceptors (Lipinski definition) is 3. The molecule has 0 saturated heterocycles. The third-order valence-electron chi connectivity index (χ3n) is 4.44. The lowest BCUT2D eigenvalue weighted by molar-refractivity contribution is -0.147. The number of esters is 1. The highest BCUT2D eigenvalue weighted by molar-refractivity contribution is 6.30. The molecule has 0 spiro atoms. The van der Waals surface area contributed by atoms with Crippen LogP contribution in [-0.4, -0.2) is 18.6 Å². The average Bonchev–Trinajstić information content (AvgIpc) is 3.18. The zero-order chi connectivity index (χ0) is 13.5. The average molecular weight is 280 g/mol. The van der Waals surface area contributed by atoms with E-state index in [1.165, 1.54) is 13.5 Å². The maximum absolute atomic E-state index is 12.3. The summed E-state index contributed by atoms with van der Waals surface area (Å²) in [7, 11) is 1.47. The van der Waals surface area contributed by atoms with Crippen molar-refractivity contribution in [2.75, 3.05) is 12.4 Å². The standard InChI is InChI=1S/C15H18ClNO2/c1-19-14(18)15(7-3-4-10-8-13(10)15)17-12-6-2-5-11(16)9-12/h2,5-6,9-10,13,17H,3-4,7-8H2,1H3. The molecule has 0 amide bonds. The van der Waals surface area contributed by atoms with E-state index in [0.717, 1.165) is 24.9 Å². The van der Waals surface area contributed by atoms with Crippen molar-refractivity contribution in [2.24, 2.45) is 11.8 Å². The second kappa shape index (κ2) is 4.71. The molecular formula is C15H18ClNO2. The van der Waals surface area contributed by atoms with Crippen molar-refractivity contribution >= 4 is 23.3 Å². The van der Waals surface area contributed by atoms with E-state index in [9.17, 15) is 4.79 Å². The van der Waals surface area contributed by atoms with Crippen molar-refractivity contribution in [1.29, 1.82) is 0 Å². The number of rotatable bonds is 3. The lowest BCUT2D eigenvalue weighted by Crippen LogP contribution is -2.51. The van der Waals surface area contributed by atoms with Gasteiger partial charge in [-0.3, -0.25) is 0 Å². The summed E-state index contributed by atoms with van der Waals surface area (Å²) in [5.74, 6) is 0.951. The Hall–Kier alpha value is -1.22. The van der Waals surface area contributed by atoms with E-state index < -0.39 is 5.54 Å². The lowest BCUT2D eigenvalue weighted by Gasteiger charge is -2.36. The summed E-state index contributed by atoms with van der Waals surface area (Å²) in [6.07, 6.45) is 4.28. The molecule has 3 rings (SSSR count). The SMILES string of the molecule is COC(=O)C1(Nc2cccc(Cl)c2)CCCC2CC21. The molecule has 1 aromatic carbocycles. The first-order valence-corrected chi connectivity index (χ1v) is 7.16. The number of halogens is 1. The van der Waals surface area contributed by atoms with E-state index in [2.05, 4.69) is 5.32 Å². The molecule has 4 heteroatoms. The molecule has 3 unspecified atom stereocenters. The Bertz CT molecular complexity index is 505. The molecule has 0 heterocycles. The maximum Gasteiger partial charge on any atom is 0.331 e. The highest BCUT2D eigenvalue weighted by Gasteiger charge is 2.59. The molecule has 102 valence electrons. The van der Waals surface area contributed by atoms with Gasteiger partial charge < -0.3 is 10.1 Å². The van der Waals surface area contributed by atoms with Crippen molar-refractivity contribution in [3.63, 3.8) is 0 Å². The number of carbonyl (C=O) groups excluding carboxylic acids is 1. The Morgan fingerprint density at radius 3 is 3.11 bits per heavy atom. The second-order valence-electron chi connectivity index (χ2n) is 5.59. The summed E-state index contributed by atoms with van der Waals surface area (Å²) < 4.78 is 5.06. The molecule has 1 N–H and O–H groups in total. The smallest absolute Gasteiger partial charge is 0.331 e. The quantitative estimate of drug-likeness (QED) is 0.861. The van der Waals surface area contributed by atoms with Gasteiger partial charge in [-0.1, -0.05) is 24.1 Å². The molecule has 1 aromatic rings. The van der Waals surface area contributed by atoms with E-state index in [1.54, 1.807) is 0 Å². The number of fused-ring (bicyclic) bond motifs is 1. The third kappa shape index (κ3) is 2.20. The van der Waals surface area contributed by atoms with Crippen LogP contribution in [0.4, 0.5) is 5.69 Å². The minimum absolute atomic E-state index is 0.139. The van der Waals surface area contributed by atoms with Gasteiger partial charge in [-0.15, -0.1) is 0 Å². The van der Waals surface area contributed by atoms with Crippen LogP contribution in [0, 0.1) is 11.8 Å². The van der Waals surface area contributed by atoms with E-state index in [1.807, 2.05) is 24.3 Å². The summed E-state index contributed by atoms with van der Waals surface area (Å²) in [6, 6.07) is 7.53. The molecular weight excluding hydrogens is 262 g/mol. The Balaban J connectivity index is 1.90. The molecule has 19 heavy (non-hydrogen) atoms.